The van der Waals surface area contributed by atoms with Gasteiger partial charge in [0.05, 0.1) is 5.60 Å². The fourth-order valence-corrected chi connectivity index (χ4v) is 2.29. The molecule has 1 aliphatic rings. The molecule has 0 radical (unpaired) electrons. The van der Waals surface area contributed by atoms with Gasteiger partial charge in [-0.25, -0.2) is 0 Å². The van der Waals surface area contributed by atoms with E-state index in [-0.39, 0.29) is 5.92 Å². The lowest BCUT2D eigenvalue weighted by atomic mass is 9.63. The molecule has 1 N–H and O–H groups in total. The van der Waals surface area contributed by atoms with Gasteiger partial charge in [0.25, 0.3) is 0 Å². The molecule has 1 aliphatic carbocycles. The fraction of sp³-hybridized carbons (Fsp3) is 0.357. The van der Waals surface area contributed by atoms with Gasteiger partial charge in [-0.1, -0.05) is 36.9 Å². The van der Waals surface area contributed by atoms with E-state index in [1.807, 2.05) is 25.1 Å². The largest absolute Gasteiger partial charge is 0.384 e. The quantitative estimate of drug-likeness (QED) is 0.727. The molecule has 0 bridgehead atoms. The zero-order valence-electron chi connectivity index (χ0n) is 9.03. The lowest BCUT2D eigenvalue weighted by Crippen LogP contribution is -2.46. The number of hydrogen-bond acceptors (Lipinski definition) is 1. The molecule has 0 unspecified atom stereocenters. The van der Waals surface area contributed by atoms with Crippen molar-refractivity contribution in [2.75, 3.05) is 0 Å². The van der Waals surface area contributed by atoms with Gasteiger partial charge in [0, 0.05) is 11.5 Å². The van der Waals surface area contributed by atoms with Crippen molar-refractivity contribution in [2.24, 2.45) is 0 Å². The van der Waals surface area contributed by atoms with Crippen molar-refractivity contribution >= 4 is 0 Å². The third-order valence-electron chi connectivity index (χ3n) is 3.51. The first-order valence-electron chi connectivity index (χ1n) is 5.33. The molecule has 0 saturated heterocycles. The van der Waals surface area contributed by atoms with Gasteiger partial charge in [-0.3, -0.25) is 0 Å². The van der Waals surface area contributed by atoms with Gasteiger partial charge in [-0.15, -0.1) is 5.73 Å². The summed E-state index contributed by atoms with van der Waals surface area (Å²) in [5, 5.41) is 10.5. The monoisotopic (exact) mass is 200 g/mol. The molecule has 0 aromatic heterocycles. The lowest BCUT2D eigenvalue weighted by molar-refractivity contribution is -0.0234. The fourth-order valence-electron chi connectivity index (χ4n) is 2.29. The van der Waals surface area contributed by atoms with Crippen LogP contribution < -0.4 is 0 Å². The van der Waals surface area contributed by atoms with Gasteiger partial charge in [0.2, 0.25) is 0 Å². The molecule has 0 spiro atoms. The van der Waals surface area contributed by atoms with E-state index in [4.69, 9.17) is 0 Å². The highest BCUT2D eigenvalue weighted by Crippen LogP contribution is 2.49. The summed E-state index contributed by atoms with van der Waals surface area (Å²) >= 11 is 0. The number of hydrogen-bond donors (Lipinski definition) is 1. The summed E-state index contributed by atoms with van der Waals surface area (Å²) in [6, 6.07) is 10.2. The molecule has 1 heteroatoms. The Kier molecular flexibility index (Phi) is 2.52. The molecule has 0 aliphatic heterocycles. The van der Waals surface area contributed by atoms with Crippen LogP contribution in [0.25, 0.3) is 0 Å². The zero-order chi connectivity index (χ0) is 10.9. The second-order valence-electron chi connectivity index (χ2n) is 4.23. The van der Waals surface area contributed by atoms with Crippen molar-refractivity contribution in [1.29, 1.82) is 0 Å². The molecule has 2 rings (SSSR count). The van der Waals surface area contributed by atoms with Crippen molar-refractivity contribution in [3.05, 3.63) is 53.8 Å². The Labute approximate surface area is 90.8 Å². The Morgan fingerprint density at radius 3 is 2.60 bits per heavy atom. The lowest BCUT2D eigenvalue weighted by Gasteiger charge is -2.46. The summed E-state index contributed by atoms with van der Waals surface area (Å²) in [5.74, 6) is 0.216. The molecule has 2 atom stereocenters. The van der Waals surface area contributed by atoms with Crippen LogP contribution in [0.4, 0.5) is 0 Å². The standard InChI is InChI=1S/C14H16O/c1-3-11(2)14(15)10-9-13(14)12-7-5-4-6-8-12/h4-8,13,15H,1,9-10H2,2H3/t13-,14+/m1/s1. The van der Waals surface area contributed by atoms with Crippen LogP contribution in [0.15, 0.2) is 48.2 Å². The van der Waals surface area contributed by atoms with Gasteiger partial charge in [0.1, 0.15) is 0 Å². The van der Waals surface area contributed by atoms with Gasteiger partial charge >= 0.3 is 0 Å². The minimum absolute atomic E-state index is 0.216. The first-order valence-corrected chi connectivity index (χ1v) is 5.33. The first kappa shape index (κ1) is 10.2. The molecule has 78 valence electrons. The van der Waals surface area contributed by atoms with Gasteiger partial charge in [-0.2, -0.15) is 0 Å². The molecule has 1 fully saturated rings. The van der Waals surface area contributed by atoms with Crippen LogP contribution in [0.5, 0.6) is 0 Å². The minimum atomic E-state index is -0.705. The van der Waals surface area contributed by atoms with Crippen LogP contribution in [0.2, 0.25) is 0 Å². The summed E-state index contributed by atoms with van der Waals surface area (Å²) in [4.78, 5) is 0. The Morgan fingerprint density at radius 1 is 1.47 bits per heavy atom. The van der Waals surface area contributed by atoms with Crippen molar-refractivity contribution < 1.29 is 5.11 Å². The zero-order valence-corrected chi connectivity index (χ0v) is 9.03. The van der Waals surface area contributed by atoms with Gasteiger partial charge < -0.3 is 5.11 Å². The maximum absolute atomic E-state index is 10.5. The Hall–Kier alpha value is -1.30. The van der Waals surface area contributed by atoms with Crippen LogP contribution in [0.1, 0.15) is 31.2 Å². The molecule has 1 aromatic rings. The van der Waals surface area contributed by atoms with Gasteiger partial charge in [0.15, 0.2) is 0 Å². The van der Waals surface area contributed by atoms with E-state index in [1.54, 1.807) is 0 Å². The van der Waals surface area contributed by atoms with Crippen LogP contribution in [-0.2, 0) is 0 Å². The number of aliphatic hydroxyl groups is 1. The van der Waals surface area contributed by atoms with Crippen molar-refractivity contribution in [1.82, 2.24) is 0 Å². The number of benzene rings is 1. The Bertz CT molecular complexity index is 401. The minimum Gasteiger partial charge on any atom is -0.384 e. The third-order valence-corrected chi connectivity index (χ3v) is 3.51. The van der Waals surface area contributed by atoms with Crippen LogP contribution in [-0.4, -0.2) is 10.7 Å². The van der Waals surface area contributed by atoms with Crippen LogP contribution >= 0.6 is 0 Å². The van der Waals surface area contributed by atoms with Crippen molar-refractivity contribution in [2.45, 2.75) is 31.3 Å². The van der Waals surface area contributed by atoms with E-state index in [1.165, 1.54) is 5.56 Å². The summed E-state index contributed by atoms with van der Waals surface area (Å²) in [6.07, 6.45) is 1.86. The van der Waals surface area contributed by atoms with Crippen molar-refractivity contribution in [3.8, 4) is 0 Å². The van der Waals surface area contributed by atoms with Gasteiger partial charge in [-0.05, 0) is 25.3 Å². The maximum atomic E-state index is 10.5. The average molecular weight is 200 g/mol. The van der Waals surface area contributed by atoms with E-state index < -0.39 is 5.60 Å². The normalized spacial score (nSPS) is 29.1. The Balaban J connectivity index is 2.31. The summed E-state index contributed by atoms with van der Waals surface area (Å²) < 4.78 is 0. The van der Waals surface area contributed by atoms with E-state index in [9.17, 15) is 5.11 Å². The molecule has 0 amide bonds. The second-order valence-corrected chi connectivity index (χ2v) is 4.23. The average Bonchev–Trinajstić information content (AvgIpc) is 2.27. The SMILES string of the molecule is C=C=C(C)[C@@]1(O)CC[C@@H]1c1ccccc1. The van der Waals surface area contributed by atoms with Crippen LogP contribution in [0, 0.1) is 0 Å². The molecule has 15 heavy (non-hydrogen) atoms. The molecular weight excluding hydrogens is 184 g/mol. The third kappa shape index (κ3) is 1.54. The molecule has 0 heterocycles. The Morgan fingerprint density at radius 2 is 2.13 bits per heavy atom. The first-order chi connectivity index (χ1) is 7.18. The maximum Gasteiger partial charge on any atom is 0.0995 e. The molecular formula is C14H16O. The van der Waals surface area contributed by atoms with Crippen LogP contribution in [0.3, 0.4) is 0 Å². The summed E-state index contributed by atoms with van der Waals surface area (Å²) in [6.45, 7) is 5.52. The number of rotatable bonds is 2. The highest BCUT2D eigenvalue weighted by molar-refractivity contribution is 5.33. The van der Waals surface area contributed by atoms with E-state index >= 15 is 0 Å². The van der Waals surface area contributed by atoms with Crippen molar-refractivity contribution in [3.63, 3.8) is 0 Å². The second kappa shape index (κ2) is 3.69. The summed E-state index contributed by atoms with van der Waals surface area (Å²) in [5.41, 5.74) is 4.19. The topological polar surface area (TPSA) is 20.2 Å². The smallest absolute Gasteiger partial charge is 0.0995 e. The van der Waals surface area contributed by atoms with E-state index in [0.29, 0.717) is 0 Å². The highest BCUT2D eigenvalue weighted by atomic mass is 16.3. The summed E-state index contributed by atoms with van der Waals surface area (Å²) in [7, 11) is 0. The van der Waals surface area contributed by atoms with E-state index in [0.717, 1.165) is 18.4 Å². The molecule has 1 aromatic carbocycles. The van der Waals surface area contributed by atoms with E-state index in [2.05, 4.69) is 24.4 Å². The molecule has 1 saturated carbocycles. The highest BCUT2D eigenvalue weighted by Gasteiger charge is 2.47. The predicted octanol–water partition coefficient (Wildman–Crippen LogP) is 3.03. The predicted molar refractivity (Wildman–Crippen MR) is 61.7 cm³/mol. The molecule has 1 nitrogen and oxygen atoms in total.